The van der Waals surface area contributed by atoms with Crippen molar-refractivity contribution in [3.8, 4) is 0 Å². The predicted octanol–water partition coefficient (Wildman–Crippen LogP) is 2.13. The van der Waals surface area contributed by atoms with E-state index >= 15 is 0 Å². The Labute approximate surface area is 121 Å². The van der Waals surface area contributed by atoms with Crippen LogP contribution in [0, 0.1) is 5.41 Å². The minimum Gasteiger partial charge on any atom is -0.357 e. The Morgan fingerprint density at radius 3 is 2.71 bits per heavy atom. The average Bonchev–Trinajstić information content (AvgIpc) is 2.81. The zero-order valence-electron chi connectivity index (χ0n) is 12.1. The fourth-order valence-electron chi connectivity index (χ4n) is 2.61. The minimum atomic E-state index is -4.52. The Morgan fingerprint density at radius 2 is 2.24 bits per heavy atom. The molecule has 2 atom stereocenters. The number of alkyl halides is 3. The molecule has 2 rings (SSSR count). The van der Waals surface area contributed by atoms with Gasteiger partial charge in [-0.3, -0.25) is 4.79 Å². The summed E-state index contributed by atoms with van der Waals surface area (Å²) in [5.41, 5.74) is -0.748. The molecule has 0 radical (unpaired) electrons. The number of aromatic nitrogens is 1. The molecule has 1 amide bonds. The predicted molar refractivity (Wildman–Crippen MR) is 72.6 cm³/mol. The number of halogens is 3. The standard InChI is InChI=1S/C14H20F3N3O/c1-13(5-3-6-18-9-13)12(21)19-11(14(15,16)17)10-4-7-20(2)8-10/h4,7-8,11,18H,3,5-6,9H2,1-2H3,(H,19,21). The van der Waals surface area contributed by atoms with Gasteiger partial charge in [0.2, 0.25) is 5.91 Å². The van der Waals surface area contributed by atoms with Crippen LogP contribution in [0.5, 0.6) is 0 Å². The van der Waals surface area contributed by atoms with Crippen molar-refractivity contribution in [3.05, 3.63) is 24.0 Å². The van der Waals surface area contributed by atoms with Gasteiger partial charge in [-0.1, -0.05) is 0 Å². The van der Waals surface area contributed by atoms with Crippen molar-refractivity contribution < 1.29 is 18.0 Å². The van der Waals surface area contributed by atoms with Crippen molar-refractivity contribution in [2.45, 2.75) is 32.0 Å². The third-order valence-corrected chi connectivity index (χ3v) is 3.94. The van der Waals surface area contributed by atoms with Crippen LogP contribution in [0.15, 0.2) is 18.5 Å². The molecule has 1 aromatic heterocycles. The molecule has 2 N–H and O–H groups in total. The largest absolute Gasteiger partial charge is 0.412 e. The average molecular weight is 303 g/mol. The second-order valence-electron chi connectivity index (χ2n) is 5.90. The maximum Gasteiger partial charge on any atom is 0.412 e. The lowest BCUT2D eigenvalue weighted by molar-refractivity contribution is -0.166. The minimum absolute atomic E-state index is 0.0470. The second kappa shape index (κ2) is 5.71. The first-order valence-electron chi connectivity index (χ1n) is 6.93. The summed E-state index contributed by atoms with van der Waals surface area (Å²) >= 11 is 0. The number of nitrogens with one attached hydrogen (secondary N) is 2. The molecule has 0 saturated carbocycles. The number of hydrogen-bond acceptors (Lipinski definition) is 2. The van der Waals surface area contributed by atoms with Gasteiger partial charge in [-0.05, 0) is 32.4 Å². The second-order valence-corrected chi connectivity index (χ2v) is 5.90. The third-order valence-electron chi connectivity index (χ3n) is 3.94. The highest BCUT2D eigenvalue weighted by Gasteiger charge is 2.45. The zero-order chi connectivity index (χ0) is 15.7. The van der Waals surface area contributed by atoms with Gasteiger partial charge < -0.3 is 15.2 Å². The van der Waals surface area contributed by atoms with Crippen LogP contribution in [0.3, 0.4) is 0 Å². The van der Waals surface area contributed by atoms with E-state index in [2.05, 4.69) is 10.6 Å². The van der Waals surface area contributed by atoms with Crippen LogP contribution in [0.4, 0.5) is 13.2 Å². The highest BCUT2D eigenvalue weighted by molar-refractivity contribution is 5.83. The first kappa shape index (κ1) is 15.9. The van der Waals surface area contributed by atoms with Crippen LogP contribution < -0.4 is 10.6 Å². The summed E-state index contributed by atoms with van der Waals surface area (Å²) in [6, 6.07) is -0.593. The van der Waals surface area contributed by atoms with E-state index in [1.807, 2.05) is 0 Å². The number of carbonyl (C=O) groups is 1. The fourth-order valence-corrected chi connectivity index (χ4v) is 2.61. The van der Waals surface area contributed by atoms with E-state index in [4.69, 9.17) is 0 Å². The smallest absolute Gasteiger partial charge is 0.357 e. The zero-order valence-corrected chi connectivity index (χ0v) is 12.1. The highest BCUT2D eigenvalue weighted by Crippen LogP contribution is 2.35. The van der Waals surface area contributed by atoms with Gasteiger partial charge in [0.15, 0.2) is 6.04 Å². The summed E-state index contributed by atoms with van der Waals surface area (Å²) in [5.74, 6) is -0.555. The number of carbonyl (C=O) groups excluding carboxylic acids is 1. The normalized spacial score (nSPS) is 24.6. The van der Waals surface area contributed by atoms with Crippen molar-refractivity contribution >= 4 is 5.91 Å². The SMILES string of the molecule is Cn1ccc(C(NC(=O)C2(C)CCCNC2)C(F)(F)F)c1. The van der Waals surface area contributed by atoms with Crippen molar-refractivity contribution in [2.75, 3.05) is 13.1 Å². The molecular weight excluding hydrogens is 283 g/mol. The van der Waals surface area contributed by atoms with Gasteiger partial charge in [-0.25, -0.2) is 0 Å². The van der Waals surface area contributed by atoms with E-state index in [1.54, 1.807) is 14.0 Å². The number of amides is 1. The van der Waals surface area contributed by atoms with Gasteiger partial charge in [0, 0.05) is 31.5 Å². The van der Waals surface area contributed by atoms with E-state index < -0.39 is 23.5 Å². The van der Waals surface area contributed by atoms with Gasteiger partial charge in [0.1, 0.15) is 0 Å². The van der Waals surface area contributed by atoms with Gasteiger partial charge in [-0.15, -0.1) is 0 Å². The van der Waals surface area contributed by atoms with E-state index in [1.165, 1.54) is 23.0 Å². The van der Waals surface area contributed by atoms with Gasteiger partial charge >= 0.3 is 6.18 Å². The van der Waals surface area contributed by atoms with Crippen LogP contribution in [0.1, 0.15) is 31.4 Å². The molecule has 7 heteroatoms. The molecule has 4 nitrogen and oxygen atoms in total. The number of piperidine rings is 1. The summed E-state index contributed by atoms with van der Waals surface area (Å²) in [6.07, 6.45) is -0.239. The van der Waals surface area contributed by atoms with Gasteiger partial charge in [0.25, 0.3) is 0 Å². The van der Waals surface area contributed by atoms with E-state index in [9.17, 15) is 18.0 Å². The summed E-state index contributed by atoms with van der Waals surface area (Å²) < 4.78 is 41.2. The van der Waals surface area contributed by atoms with Crippen LogP contribution in [-0.4, -0.2) is 29.7 Å². The maximum absolute atomic E-state index is 13.2. The van der Waals surface area contributed by atoms with Crippen LogP contribution in [0.2, 0.25) is 0 Å². The lowest BCUT2D eigenvalue weighted by Crippen LogP contribution is -2.51. The Bertz CT molecular complexity index is 504. The summed E-state index contributed by atoms with van der Waals surface area (Å²) in [6.45, 7) is 2.90. The lowest BCUT2D eigenvalue weighted by Gasteiger charge is -2.34. The summed E-state index contributed by atoms with van der Waals surface area (Å²) in [4.78, 5) is 12.3. The quantitative estimate of drug-likeness (QED) is 0.898. The first-order valence-corrected chi connectivity index (χ1v) is 6.93. The summed E-state index contributed by atoms with van der Waals surface area (Å²) in [5, 5.41) is 5.25. The van der Waals surface area contributed by atoms with Crippen LogP contribution in [-0.2, 0) is 11.8 Å². The molecule has 1 fully saturated rings. The number of aryl methyl sites for hydroxylation is 1. The number of hydrogen-bond donors (Lipinski definition) is 2. The molecule has 118 valence electrons. The molecule has 0 spiro atoms. The Balaban J connectivity index is 2.17. The topological polar surface area (TPSA) is 46.1 Å². The van der Waals surface area contributed by atoms with E-state index in [0.29, 0.717) is 13.0 Å². The molecule has 2 heterocycles. The summed E-state index contributed by atoms with van der Waals surface area (Å²) in [7, 11) is 1.64. The number of nitrogens with zero attached hydrogens (tertiary/aromatic N) is 1. The third kappa shape index (κ3) is 3.58. The lowest BCUT2D eigenvalue weighted by atomic mass is 9.81. The van der Waals surface area contributed by atoms with Crippen molar-refractivity contribution in [3.63, 3.8) is 0 Å². The Hall–Kier alpha value is -1.50. The van der Waals surface area contributed by atoms with Gasteiger partial charge in [-0.2, -0.15) is 13.2 Å². The first-order chi connectivity index (χ1) is 9.72. The molecule has 0 bridgehead atoms. The van der Waals surface area contributed by atoms with E-state index in [-0.39, 0.29) is 5.56 Å². The molecule has 1 aromatic rings. The molecule has 21 heavy (non-hydrogen) atoms. The van der Waals surface area contributed by atoms with Crippen molar-refractivity contribution in [1.29, 1.82) is 0 Å². The molecule has 0 aromatic carbocycles. The van der Waals surface area contributed by atoms with Crippen LogP contribution in [0.25, 0.3) is 0 Å². The molecule has 1 saturated heterocycles. The highest BCUT2D eigenvalue weighted by atomic mass is 19.4. The maximum atomic E-state index is 13.2. The monoisotopic (exact) mass is 303 g/mol. The number of rotatable bonds is 3. The Morgan fingerprint density at radius 1 is 1.52 bits per heavy atom. The van der Waals surface area contributed by atoms with Crippen LogP contribution >= 0.6 is 0 Å². The Kier molecular flexibility index (Phi) is 4.32. The van der Waals surface area contributed by atoms with Crippen molar-refractivity contribution in [1.82, 2.24) is 15.2 Å². The van der Waals surface area contributed by atoms with Crippen molar-refractivity contribution in [2.24, 2.45) is 12.5 Å². The molecule has 1 aliphatic rings. The molecule has 0 aliphatic carbocycles. The molecule has 2 unspecified atom stereocenters. The molecule has 1 aliphatic heterocycles. The van der Waals surface area contributed by atoms with Gasteiger partial charge in [0.05, 0.1) is 5.41 Å². The van der Waals surface area contributed by atoms with E-state index in [0.717, 1.165) is 13.0 Å². The fraction of sp³-hybridized carbons (Fsp3) is 0.643. The molecular formula is C14H20F3N3O.